The number of thioether (sulfide) groups is 1. The average molecular weight is 455 g/mol. The summed E-state index contributed by atoms with van der Waals surface area (Å²) in [5.74, 6) is 0.643. The first kappa shape index (κ1) is 19.8. The summed E-state index contributed by atoms with van der Waals surface area (Å²) >= 11 is 4.92. The van der Waals surface area contributed by atoms with Gasteiger partial charge in [-0.2, -0.15) is 5.10 Å². The summed E-state index contributed by atoms with van der Waals surface area (Å²) < 4.78 is 1.94. The summed E-state index contributed by atoms with van der Waals surface area (Å²) in [5, 5.41) is 11.7. The lowest BCUT2D eigenvalue weighted by molar-refractivity contribution is -0.130. The maximum atomic E-state index is 13.3. The topological polar surface area (TPSA) is 50.5 Å². The van der Waals surface area contributed by atoms with Crippen molar-refractivity contribution in [3.63, 3.8) is 0 Å². The molecule has 3 aromatic rings. The van der Waals surface area contributed by atoms with E-state index < -0.39 is 0 Å². The normalized spacial score (nSPS) is 22.4. The Kier molecular flexibility index (Phi) is 5.62. The van der Waals surface area contributed by atoms with Crippen LogP contribution in [0.5, 0.6) is 0 Å². The fourth-order valence-corrected chi connectivity index (χ4v) is 6.52. The first-order chi connectivity index (χ1) is 14.7. The molecular weight excluding hydrogens is 432 g/mol. The summed E-state index contributed by atoms with van der Waals surface area (Å²) in [6, 6.07) is 8.42. The average Bonchev–Trinajstić information content (AvgIpc) is 3.53. The lowest BCUT2D eigenvalue weighted by Gasteiger charge is -2.28. The van der Waals surface area contributed by atoms with Crippen LogP contribution in [0.2, 0.25) is 0 Å². The number of amides is 1. The molecule has 0 radical (unpaired) electrons. The fourth-order valence-electron chi connectivity index (χ4n) is 4.17. The van der Waals surface area contributed by atoms with Crippen molar-refractivity contribution < 1.29 is 4.79 Å². The summed E-state index contributed by atoms with van der Waals surface area (Å²) in [5.41, 5.74) is 2.38. The van der Waals surface area contributed by atoms with Crippen molar-refractivity contribution in [2.75, 3.05) is 5.75 Å². The summed E-state index contributed by atoms with van der Waals surface area (Å²) in [4.78, 5) is 20.1. The highest BCUT2D eigenvalue weighted by Crippen LogP contribution is 2.45. The molecule has 1 aliphatic heterocycles. The Labute approximate surface area is 188 Å². The molecule has 1 aliphatic carbocycles. The predicted molar refractivity (Wildman–Crippen MR) is 125 cm³/mol. The molecule has 2 aliphatic rings. The third kappa shape index (κ3) is 3.79. The van der Waals surface area contributed by atoms with E-state index in [2.05, 4.69) is 46.1 Å². The first-order valence-electron chi connectivity index (χ1n) is 9.99. The number of rotatable bonds is 5. The monoisotopic (exact) mass is 454 g/mol. The number of hydrogen-bond acceptors (Lipinski definition) is 6. The van der Waals surface area contributed by atoms with Gasteiger partial charge in [0.2, 0.25) is 0 Å². The second-order valence-electron chi connectivity index (χ2n) is 7.48. The minimum Gasteiger partial charge on any atom is -0.329 e. The fraction of sp³-hybridized carbons (Fsp3) is 0.318. The summed E-state index contributed by atoms with van der Waals surface area (Å²) in [6.45, 7) is 0. The predicted octanol–water partition coefficient (Wildman–Crippen LogP) is 5.46. The highest BCUT2D eigenvalue weighted by molar-refractivity contribution is 7.99. The van der Waals surface area contributed by atoms with E-state index >= 15 is 0 Å². The SMILES string of the molecule is Cn1ccnc1SCC(=O)N1N=C2C(=Cc3cccs3)CCCC2C1c1cccs1. The van der Waals surface area contributed by atoms with E-state index in [0.29, 0.717) is 5.75 Å². The number of hydrogen-bond donors (Lipinski definition) is 0. The van der Waals surface area contributed by atoms with Crippen molar-refractivity contribution in [2.24, 2.45) is 18.1 Å². The maximum Gasteiger partial charge on any atom is 0.253 e. The van der Waals surface area contributed by atoms with Crippen LogP contribution in [0.1, 0.15) is 35.1 Å². The highest BCUT2D eigenvalue weighted by Gasteiger charge is 2.44. The number of aryl methyl sites for hydroxylation is 1. The molecule has 2 atom stereocenters. The zero-order valence-corrected chi connectivity index (χ0v) is 19.1. The molecule has 8 heteroatoms. The van der Waals surface area contributed by atoms with Gasteiger partial charge in [-0.15, -0.1) is 22.7 Å². The molecule has 5 rings (SSSR count). The minimum atomic E-state index is 0.00140. The van der Waals surface area contributed by atoms with Crippen molar-refractivity contribution in [3.8, 4) is 0 Å². The van der Waals surface area contributed by atoms with Crippen LogP contribution in [-0.4, -0.2) is 31.9 Å². The third-order valence-corrected chi connectivity index (χ3v) is 8.36. The van der Waals surface area contributed by atoms with Crippen LogP contribution >= 0.6 is 34.4 Å². The number of thiophene rings is 2. The Hall–Kier alpha value is -2.16. The molecule has 3 aromatic heterocycles. The van der Waals surface area contributed by atoms with Crippen molar-refractivity contribution in [1.29, 1.82) is 0 Å². The molecule has 1 fully saturated rings. The molecule has 154 valence electrons. The quantitative estimate of drug-likeness (QED) is 0.481. The largest absolute Gasteiger partial charge is 0.329 e. The zero-order chi connectivity index (χ0) is 20.5. The number of nitrogens with zero attached hydrogens (tertiary/aromatic N) is 4. The molecule has 0 spiro atoms. The molecule has 2 unspecified atom stereocenters. The number of fused-ring (bicyclic) bond motifs is 1. The third-order valence-electron chi connectivity index (χ3n) is 5.55. The van der Waals surface area contributed by atoms with Gasteiger partial charge in [0.05, 0.1) is 17.5 Å². The number of hydrazone groups is 1. The number of aromatic nitrogens is 2. The van der Waals surface area contributed by atoms with Gasteiger partial charge in [-0.05, 0) is 53.8 Å². The van der Waals surface area contributed by atoms with E-state index in [4.69, 9.17) is 5.10 Å². The van der Waals surface area contributed by atoms with Crippen molar-refractivity contribution in [2.45, 2.75) is 30.5 Å². The van der Waals surface area contributed by atoms with Gasteiger partial charge in [-0.3, -0.25) is 4.79 Å². The van der Waals surface area contributed by atoms with E-state index in [0.717, 1.165) is 30.1 Å². The molecule has 1 amide bonds. The lowest BCUT2D eigenvalue weighted by Crippen LogP contribution is -2.32. The molecule has 0 bridgehead atoms. The highest BCUT2D eigenvalue weighted by atomic mass is 32.2. The molecule has 5 nitrogen and oxygen atoms in total. The minimum absolute atomic E-state index is 0.00140. The van der Waals surface area contributed by atoms with E-state index in [9.17, 15) is 4.79 Å². The van der Waals surface area contributed by atoms with Crippen LogP contribution in [0.4, 0.5) is 0 Å². The van der Waals surface area contributed by atoms with Crippen LogP contribution < -0.4 is 0 Å². The van der Waals surface area contributed by atoms with Crippen LogP contribution in [-0.2, 0) is 11.8 Å². The van der Waals surface area contributed by atoms with Crippen LogP contribution in [0.3, 0.4) is 0 Å². The first-order valence-corrected chi connectivity index (χ1v) is 12.7. The van der Waals surface area contributed by atoms with E-state index in [-0.39, 0.29) is 17.9 Å². The van der Waals surface area contributed by atoms with Crippen LogP contribution in [0.15, 0.2) is 63.3 Å². The molecule has 30 heavy (non-hydrogen) atoms. The molecule has 1 saturated carbocycles. The molecular formula is C22H22N4OS3. The number of carbonyl (C=O) groups is 1. The summed E-state index contributed by atoms with van der Waals surface area (Å²) in [7, 11) is 1.94. The van der Waals surface area contributed by atoms with Crippen molar-refractivity contribution in [1.82, 2.24) is 14.6 Å². The van der Waals surface area contributed by atoms with Gasteiger partial charge in [0.1, 0.15) is 0 Å². The van der Waals surface area contributed by atoms with Gasteiger partial charge < -0.3 is 4.57 Å². The lowest BCUT2D eigenvalue weighted by atomic mass is 9.79. The molecule has 0 saturated heterocycles. The number of imidazole rings is 1. The van der Waals surface area contributed by atoms with Gasteiger partial charge >= 0.3 is 0 Å². The smallest absolute Gasteiger partial charge is 0.253 e. The maximum absolute atomic E-state index is 13.3. The Balaban J connectivity index is 1.45. The van der Waals surface area contributed by atoms with Gasteiger partial charge in [0.15, 0.2) is 5.16 Å². The standard InChI is InChI=1S/C22H22N4OS3/c1-25-10-9-23-22(25)30-14-19(27)26-21(18-8-4-12-29-18)17-7-2-5-15(20(17)24-26)13-16-6-3-11-28-16/h3-4,6,8-13,17,21H,2,5,7,14H2,1H3. The van der Waals surface area contributed by atoms with Crippen molar-refractivity contribution in [3.05, 3.63) is 62.7 Å². The molecule has 0 N–H and O–H groups in total. The van der Waals surface area contributed by atoms with Gasteiger partial charge in [-0.25, -0.2) is 9.99 Å². The second kappa shape index (κ2) is 8.53. The molecule has 4 heterocycles. The van der Waals surface area contributed by atoms with Gasteiger partial charge in [-0.1, -0.05) is 23.9 Å². The van der Waals surface area contributed by atoms with Crippen LogP contribution in [0, 0.1) is 5.92 Å². The Morgan fingerprint density at radius 2 is 2.17 bits per heavy atom. The van der Waals surface area contributed by atoms with Crippen LogP contribution in [0.25, 0.3) is 6.08 Å². The number of carbonyl (C=O) groups excluding carboxylic acids is 1. The van der Waals surface area contributed by atoms with Gasteiger partial charge in [0.25, 0.3) is 5.91 Å². The Morgan fingerprint density at radius 3 is 2.90 bits per heavy atom. The van der Waals surface area contributed by atoms with Crippen molar-refractivity contribution >= 4 is 52.1 Å². The van der Waals surface area contributed by atoms with E-state index in [1.807, 2.05) is 17.8 Å². The van der Waals surface area contributed by atoms with E-state index in [1.165, 1.54) is 27.1 Å². The van der Waals surface area contributed by atoms with E-state index in [1.54, 1.807) is 33.9 Å². The molecule has 0 aromatic carbocycles. The van der Waals surface area contributed by atoms with Gasteiger partial charge in [0, 0.05) is 35.1 Å². The number of allylic oxidation sites excluding steroid dienone is 1. The summed E-state index contributed by atoms with van der Waals surface area (Å²) in [6.07, 6.45) is 9.14. The zero-order valence-electron chi connectivity index (χ0n) is 16.6. The Morgan fingerprint density at radius 1 is 1.30 bits per heavy atom. The Bertz CT molecular complexity index is 1080. The second-order valence-corrected chi connectivity index (χ2v) is 10.4.